The number of hydrogen-bond donors (Lipinski definition) is 1. The number of methoxy groups -OCH3 is 1. The molecule has 24 heavy (non-hydrogen) atoms. The minimum atomic E-state index is -3.52. The minimum absolute atomic E-state index is 0.0660. The van der Waals surface area contributed by atoms with Crippen LogP contribution >= 0.6 is 0 Å². The molecule has 1 amide bonds. The van der Waals surface area contributed by atoms with Crippen molar-refractivity contribution in [2.45, 2.75) is 24.2 Å². The minimum Gasteiger partial charge on any atom is -0.495 e. The SMILES string of the molecule is COc1ccc(S(=O)(=O)N2CCCCC2)cc1NCC(=O)N(C)C. The van der Waals surface area contributed by atoms with Crippen LogP contribution in [0.4, 0.5) is 5.69 Å². The van der Waals surface area contributed by atoms with Gasteiger partial charge in [0.2, 0.25) is 15.9 Å². The first-order valence-corrected chi connectivity index (χ1v) is 9.42. The zero-order chi connectivity index (χ0) is 17.7. The van der Waals surface area contributed by atoms with Gasteiger partial charge in [0, 0.05) is 27.2 Å². The lowest BCUT2D eigenvalue weighted by molar-refractivity contribution is -0.126. The molecule has 0 radical (unpaired) electrons. The van der Waals surface area contributed by atoms with Crippen LogP contribution in [-0.4, -0.2) is 64.4 Å². The van der Waals surface area contributed by atoms with Crippen LogP contribution in [0.15, 0.2) is 23.1 Å². The molecule has 1 fully saturated rings. The number of ether oxygens (including phenoxy) is 1. The number of carbonyl (C=O) groups excluding carboxylic acids is 1. The van der Waals surface area contributed by atoms with Crippen molar-refractivity contribution >= 4 is 21.6 Å². The third kappa shape index (κ3) is 4.18. The number of carbonyl (C=O) groups is 1. The van der Waals surface area contributed by atoms with E-state index in [1.165, 1.54) is 22.4 Å². The van der Waals surface area contributed by atoms with Gasteiger partial charge in [-0.25, -0.2) is 8.42 Å². The Hall–Kier alpha value is -1.80. The molecule has 2 rings (SSSR count). The molecule has 8 heteroatoms. The summed E-state index contributed by atoms with van der Waals surface area (Å²) in [5.74, 6) is 0.389. The van der Waals surface area contributed by atoms with Gasteiger partial charge in [0.1, 0.15) is 5.75 Å². The highest BCUT2D eigenvalue weighted by atomic mass is 32.2. The zero-order valence-corrected chi connectivity index (χ0v) is 15.2. The van der Waals surface area contributed by atoms with Crippen molar-refractivity contribution in [1.82, 2.24) is 9.21 Å². The lowest BCUT2D eigenvalue weighted by Gasteiger charge is -2.26. The van der Waals surface area contributed by atoms with E-state index in [4.69, 9.17) is 4.74 Å². The van der Waals surface area contributed by atoms with Crippen molar-refractivity contribution in [3.63, 3.8) is 0 Å². The summed E-state index contributed by atoms with van der Waals surface area (Å²) in [7, 11) is 1.32. The summed E-state index contributed by atoms with van der Waals surface area (Å²) in [6.45, 7) is 1.17. The van der Waals surface area contributed by atoms with Gasteiger partial charge in [-0.2, -0.15) is 4.31 Å². The first-order valence-electron chi connectivity index (χ1n) is 7.98. The quantitative estimate of drug-likeness (QED) is 0.834. The van der Waals surface area contributed by atoms with E-state index in [9.17, 15) is 13.2 Å². The summed E-state index contributed by atoms with van der Waals surface area (Å²) in [6.07, 6.45) is 2.84. The van der Waals surface area contributed by atoms with Crippen LogP contribution in [0.2, 0.25) is 0 Å². The molecule has 0 bridgehead atoms. The van der Waals surface area contributed by atoms with E-state index in [-0.39, 0.29) is 17.3 Å². The maximum absolute atomic E-state index is 12.8. The van der Waals surface area contributed by atoms with Crippen LogP contribution in [0.1, 0.15) is 19.3 Å². The molecule has 0 spiro atoms. The Balaban J connectivity index is 2.25. The number of rotatable bonds is 6. The summed E-state index contributed by atoms with van der Waals surface area (Å²) in [5.41, 5.74) is 0.491. The van der Waals surface area contributed by atoms with E-state index in [1.807, 2.05) is 0 Å². The summed E-state index contributed by atoms with van der Waals surface area (Å²) in [4.78, 5) is 13.4. The van der Waals surface area contributed by atoms with Gasteiger partial charge in [0.05, 0.1) is 24.2 Å². The highest BCUT2D eigenvalue weighted by Gasteiger charge is 2.26. The van der Waals surface area contributed by atoms with Crippen LogP contribution in [0.3, 0.4) is 0 Å². The topological polar surface area (TPSA) is 79.0 Å². The van der Waals surface area contributed by atoms with Gasteiger partial charge in [-0.1, -0.05) is 6.42 Å². The zero-order valence-electron chi connectivity index (χ0n) is 14.4. The van der Waals surface area contributed by atoms with Crippen molar-refractivity contribution in [1.29, 1.82) is 0 Å². The molecule has 0 saturated carbocycles. The van der Waals surface area contributed by atoms with Gasteiger partial charge in [-0.05, 0) is 31.0 Å². The fraction of sp³-hybridized carbons (Fsp3) is 0.562. The Labute approximate surface area is 143 Å². The van der Waals surface area contributed by atoms with E-state index in [1.54, 1.807) is 26.2 Å². The van der Waals surface area contributed by atoms with Crippen LogP contribution in [0, 0.1) is 0 Å². The molecule has 134 valence electrons. The van der Waals surface area contributed by atoms with Crippen molar-refractivity contribution in [3.05, 3.63) is 18.2 Å². The largest absolute Gasteiger partial charge is 0.495 e. The van der Waals surface area contributed by atoms with Gasteiger partial charge in [0.25, 0.3) is 0 Å². The monoisotopic (exact) mass is 355 g/mol. The summed E-state index contributed by atoms with van der Waals surface area (Å²) >= 11 is 0. The normalized spacial score (nSPS) is 15.8. The van der Waals surface area contributed by atoms with Gasteiger partial charge >= 0.3 is 0 Å². The maximum Gasteiger partial charge on any atom is 0.243 e. The maximum atomic E-state index is 12.8. The van der Waals surface area contributed by atoms with E-state index in [2.05, 4.69) is 5.32 Å². The molecule has 1 saturated heterocycles. The van der Waals surface area contributed by atoms with Gasteiger partial charge < -0.3 is 15.0 Å². The molecule has 1 aliphatic rings. The molecule has 7 nitrogen and oxygen atoms in total. The number of nitrogens with one attached hydrogen (secondary N) is 1. The Bertz CT molecular complexity index is 683. The standard InChI is InChI=1S/C16H25N3O4S/c1-18(2)16(20)12-17-14-11-13(7-8-15(14)23-3)24(21,22)19-9-5-4-6-10-19/h7-8,11,17H,4-6,9-10,12H2,1-3H3. The number of hydrogen-bond acceptors (Lipinski definition) is 5. The van der Waals surface area contributed by atoms with Crippen molar-refractivity contribution < 1.29 is 17.9 Å². The number of nitrogens with zero attached hydrogens (tertiary/aromatic N) is 2. The molecule has 1 aliphatic heterocycles. The van der Waals surface area contributed by atoms with E-state index in [0.29, 0.717) is 24.5 Å². The van der Waals surface area contributed by atoms with Crippen LogP contribution in [0.5, 0.6) is 5.75 Å². The summed E-state index contributed by atoms with van der Waals surface area (Å²) < 4.78 is 32.3. The van der Waals surface area contributed by atoms with Crippen molar-refractivity contribution in [3.8, 4) is 5.75 Å². The highest BCUT2D eigenvalue weighted by Crippen LogP contribution is 2.29. The predicted molar refractivity (Wildman–Crippen MR) is 92.8 cm³/mol. The molecule has 0 atom stereocenters. The molecule has 0 aliphatic carbocycles. The molecule has 0 unspecified atom stereocenters. The third-order valence-corrected chi connectivity index (χ3v) is 5.95. The second-order valence-electron chi connectivity index (χ2n) is 5.97. The number of benzene rings is 1. The Morgan fingerprint density at radius 2 is 1.92 bits per heavy atom. The molecule has 0 aromatic heterocycles. The average Bonchev–Trinajstić information content (AvgIpc) is 2.59. The summed E-state index contributed by atoms with van der Waals surface area (Å²) in [6, 6.07) is 4.69. The molecule has 1 heterocycles. The van der Waals surface area contributed by atoms with Crippen molar-refractivity contribution in [2.24, 2.45) is 0 Å². The van der Waals surface area contributed by atoms with Gasteiger partial charge in [-0.15, -0.1) is 0 Å². The first-order chi connectivity index (χ1) is 11.4. The summed E-state index contributed by atoms with van der Waals surface area (Å²) in [5, 5.41) is 2.96. The lowest BCUT2D eigenvalue weighted by atomic mass is 10.2. The van der Waals surface area contributed by atoms with Crippen molar-refractivity contribution in [2.75, 3.05) is 46.2 Å². The van der Waals surface area contributed by atoms with Crippen LogP contribution < -0.4 is 10.1 Å². The molecule has 1 N–H and O–H groups in total. The predicted octanol–water partition coefficient (Wildman–Crippen LogP) is 1.37. The highest BCUT2D eigenvalue weighted by molar-refractivity contribution is 7.89. The number of likely N-dealkylation sites (N-methyl/N-ethyl adjacent to an activating group) is 1. The fourth-order valence-corrected chi connectivity index (χ4v) is 4.11. The molecule has 1 aromatic rings. The van der Waals surface area contributed by atoms with Crippen LogP contribution in [-0.2, 0) is 14.8 Å². The molecule has 1 aromatic carbocycles. The number of anilines is 1. The first kappa shape index (κ1) is 18.5. The Morgan fingerprint density at radius 1 is 1.25 bits per heavy atom. The smallest absolute Gasteiger partial charge is 0.243 e. The number of amides is 1. The van der Waals surface area contributed by atoms with E-state index in [0.717, 1.165) is 19.3 Å². The van der Waals surface area contributed by atoms with Gasteiger partial charge in [0.15, 0.2) is 0 Å². The fourth-order valence-electron chi connectivity index (χ4n) is 2.57. The van der Waals surface area contributed by atoms with Gasteiger partial charge in [-0.3, -0.25) is 4.79 Å². The second-order valence-corrected chi connectivity index (χ2v) is 7.91. The molecular formula is C16H25N3O4S. The van der Waals surface area contributed by atoms with E-state index < -0.39 is 10.0 Å². The second kappa shape index (κ2) is 7.85. The van der Waals surface area contributed by atoms with E-state index >= 15 is 0 Å². The average molecular weight is 355 g/mol. The number of piperidine rings is 1. The van der Waals surface area contributed by atoms with Crippen LogP contribution in [0.25, 0.3) is 0 Å². The molecular weight excluding hydrogens is 330 g/mol. The Morgan fingerprint density at radius 3 is 2.50 bits per heavy atom. The Kier molecular flexibility index (Phi) is 6.06. The third-order valence-electron chi connectivity index (χ3n) is 4.05. The number of sulfonamides is 1. The lowest BCUT2D eigenvalue weighted by Crippen LogP contribution is -2.35.